The van der Waals surface area contributed by atoms with E-state index in [0.717, 1.165) is 25.8 Å². The second-order valence-electron chi connectivity index (χ2n) is 4.86. The summed E-state index contributed by atoms with van der Waals surface area (Å²) < 4.78 is 2.05. The van der Waals surface area contributed by atoms with Crippen molar-refractivity contribution in [1.82, 2.24) is 15.1 Å². The van der Waals surface area contributed by atoms with Crippen molar-refractivity contribution < 1.29 is 5.11 Å². The van der Waals surface area contributed by atoms with E-state index in [4.69, 9.17) is 0 Å². The Balaban J connectivity index is 2.06. The van der Waals surface area contributed by atoms with Crippen LogP contribution in [0, 0.1) is 6.92 Å². The average Bonchev–Trinajstić information content (AvgIpc) is 2.86. The average molecular weight is 223 g/mol. The van der Waals surface area contributed by atoms with Gasteiger partial charge in [-0.25, -0.2) is 0 Å². The van der Waals surface area contributed by atoms with Gasteiger partial charge in [-0.15, -0.1) is 0 Å². The highest BCUT2D eigenvalue weighted by atomic mass is 16.3. The van der Waals surface area contributed by atoms with Crippen LogP contribution in [-0.2, 0) is 0 Å². The fraction of sp³-hybridized carbons (Fsp3) is 0.750. The van der Waals surface area contributed by atoms with Gasteiger partial charge in [-0.1, -0.05) is 6.92 Å². The largest absolute Gasteiger partial charge is 0.394 e. The summed E-state index contributed by atoms with van der Waals surface area (Å²) in [5.74, 6) is 0. The number of likely N-dealkylation sites (N-methyl/N-ethyl adjacent to an activating group) is 1. The van der Waals surface area contributed by atoms with Gasteiger partial charge in [0.15, 0.2) is 0 Å². The van der Waals surface area contributed by atoms with E-state index in [2.05, 4.69) is 30.5 Å². The van der Waals surface area contributed by atoms with Crippen molar-refractivity contribution in [2.75, 3.05) is 13.2 Å². The highest BCUT2D eigenvalue weighted by Crippen LogP contribution is 2.37. The van der Waals surface area contributed by atoms with E-state index in [0.29, 0.717) is 6.04 Å². The number of hydrogen-bond acceptors (Lipinski definition) is 3. The van der Waals surface area contributed by atoms with Gasteiger partial charge in [0, 0.05) is 11.7 Å². The van der Waals surface area contributed by atoms with E-state index in [1.165, 1.54) is 5.56 Å². The van der Waals surface area contributed by atoms with Crippen LogP contribution in [0.15, 0.2) is 12.4 Å². The van der Waals surface area contributed by atoms with Crippen LogP contribution >= 0.6 is 0 Å². The van der Waals surface area contributed by atoms with Crippen LogP contribution in [0.1, 0.15) is 37.8 Å². The summed E-state index contributed by atoms with van der Waals surface area (Å²) >= 11 is 0. The number of rotatable bonds is 4. The molecule has 0 radical (unpaired) electrons. The minimum Gasteiger partial charge on any atom is -0.394 e. The Morgan fingerprint density at radius 3 is 3.06 bits per heavy atom. The second kappa shape index (κ2) is 4.55. The first-order chi connectivity index (χ1) is 7.69. The third-order valence-corrected chi connectivity index (χ3v) is 3.54. The zero-order chi connectivity index (χ0) is 11.6. The predicted octanol–water partition coefficient (Wildman–Crippen LogP) is 1.26. The summed E-state index contributed by atoms with van der Waals surface area (Å²) in [6.45, 7) is 5.27. The molecule has 0 bridgehead atoms. The number of hydrogen-bond donors (Lipinski definition) is 2. The van der Waals surface area contributed by atoms with Crippen LogP contribution in [-0.4, -0.2) is 33.6 Å². The molecule has 2 atom stereocenters. The Bertz CT molecular complexity index is 350. The molecule has 0 amide bonds. The van der Waals surface area contributed by atoms with Crippen LogP contribution in [0.25, 0.3) is 0 Å². The molecular weight excluding hydrogens is 202 g/mol. The van der Waals surface area contributed by atoms with Gasteiger partial charge in [-0.05, 0) is 38.3 Å². The fourth-order valence-corrected chi connectivity index (χ4v) is 2.69. The van der Waals surface area contributed by atoms with Gasteiger partial charge in [-0.3, -0.25) is 4.68 Å². The molecule has 16 heavy (non-hydrogen) atoms. The van der Waals surface area contributed by atoms with E-state index < -0.39 is 0 Å². The van der Waals surface area contributed by atoms with E-state index in [-0.39, 0.29) is 12.1 Å². The van der Waals surface area contributed by atoms with E-state index >= 15 is 0 Å². The zero-order valence-electron chi connectivity index (χ0n) is 10.1. The lowest BCUT2D eigenvalue weighted by Crippen LogP contribution is -2.46. The third-order valence-electron chi connectivity index (χ3n) is 3.54. The molecule has 1 fully saturated rings. The molecule has 1 aromatic heterocycles. The van der Waals surface area contributed by atoms with Crippen molar-refractivity contribution in [3.05, 3.63) is 18.0 Å². The van der Waals surface area contributed by atoms with Crippen molar-refractivity contribution in [3.8, 4) is 0 Å². The number of aliphatic hydroxyl groups excluding tert-OH is 1. The first-order valence-electron chi connectivity index (χ1n) is 6.06. The molecule has 0 aliphatic heterocycles. The highest BCUT2D eigenvalue weighted by molar-refractivity contribution is 5.04. The van der Waals surface area contributed by atoms with Gasteiger partial charge in [0.25, 0.3) is 0 Å². The minimum atomic E-state index is -0.0841. The van der Waals surface area contributed by atoms with Crippen LogP contribution in [0.2, 0.25) is 0 Å². The van der Waals surface area contributed by atoms with E-state index in [1.807, 2.05) is 10.9 Å². The molecule has 1 heterocycles. The summed E-state index contributed by atoms with van der Waals surface area (Å²) in [7, 11) is 0. The fourth-order valence-electron chi connectivity index (χ4n) is 2.69. The Hall–Kier alpha value is -0.870. The maximum Gasteiger partial charge on any atom is 0.0614 e. The quantitative estimate of drug-likeness (QED) is 0.808. The van der Waals surface area contributed by atoms with Crippen LogP contribution < -0.4 is 5.32 Å². The van der Waals surface area contributed by atoms with Gasteiger partial charge in [0.1, 0.15) is 0 Å². The van der Waals surface area contributed by atoms with E-state index in [9.17, 15) is 5.11 Å². The Kier molecular flexibility index (Phi) is 3.30. The van der Waals surface area contributed by atoms with Gasteiger partial charge >= 0.3 is 0 Å². The van der Waals surface area contributed by atoms with Gasteiger partial charge < -0.3 is 10.4 Å². The minimum absolute atomic E-state index is 0.0841. The molecule has 0 spiro atoms. The summed E-state index contributed by atoms with van der Waals surface area (Å²) in [6.07, 6.45) is 7.07. The van der Waals surface area contributed by atoms with Gasteiger partial charge in [0.05, 0.1) is 18.8 Å². The summed E-state index contributed by atoms with van der Waals surface area (Å²) in [5.41, 5.74) is 1.11. The number of aliphatic hydroxyl groups is 1. The van der Waals surface area contributed by atoms with Gasteiger partial charge in [-0.2, -0.15) is 5.10 Å². The number of nitrogens with one attached hydrogen (secondary N) is 1. The monoisotopic (exact) mass is 223 g/mol. The SMILES string of the molecule is CCNC1(CO)CCC(n2cc(C)cn2)C1. The Morgan fingerprint density at radius 2 is 2.50 bits per heavy atom. The van der Waals surface area contributed by atoms with Crippen molar-refractivity contribution in [1.29, 1.82) is 0 Å². The van der Waals surface area contributed by atoms with E-state index in [1.54, 1.807) is 0 Å². The maximum atomic E-state index is 9.53. The molecule has 1 saturated carbocycles. The molecule has 1 aromatic rings. The lowest BCUT2D eigenvalue weighted by Gasteiger charge is -2.28. The molecule has 2 unspecified atom stereocenters. The number of nitrogens with zero attached hydrogens (tertiary/aromatic N) is 2. The first kappa shape index (κ1) is 11.6. The lowest BCUT2D eigenvalue weighted by atomic mass is 9.98. The van der Waals surface area contributed by atoms with Crippen LogP contribution in [0.4, 0.5) is 0 Å². The number of aryl methyl sites for hydroxylation is 1. The maximum absolute atomic E-state index is 9.53. The molecule has 4 heteroatoms. The Morgan fingerprint density at radius 1 is 1.69 bits per heavy atom. The van der Waals surface area contributed by atoms with Gasteiger partial charge in [0.2, 0.25) is 0 Å². The second-order valence-corrected chi connectivity index (χ2v) is 4.86. The van der Waals surface area contributed by atoms with Crippen molar-refractivity contribution >= 4 is 0 Å². The standard InChI is InChI=1S/C12H21N3O/c1-3-13-12(9-16)5-4-11(6-12)15-8-10(2)7-14-15/h7-8,11,13,16H,3-6,9H2,1-2H3. The molecule has 1 aliphatic rings. The topological polar surface area (TPSA) is 50.1 Å². The normalized spacial score (nSPS) is 29.8. The summed E-state index contributed by atoms with van der Waals surface area (Å²) in [5, 5.41) is 17.3. The summed E-state index contributed by atoms with van der Waals surface area (Å²) in [6, 6.07) is 0.430. The molecular formula is C12H21N3O. The lowest BCUT2D eigenvalue weighted by molar-refractivity contribution is 0.162. The molecule has 0 saturated heterocycles. The highest BCUT2D eigenvalue weighted by Gasteiger charge is 2.38. The smallest absolute Gasteiger partial charge is 0.0614 e. The molecule has 4 nitrogen and oxygen atoms in total. The molecule has 0 aromatic carbocycles. The first-order valence-corrected chi connectivity index (χ1v) is 6.06. The van der Waals surface area contributed by atoms with Crippen molar-refractivity contribution in [2.45, 2.75) is 44.7 Å². The Labute approximate surface area is 96.7 Å². The molecule has 2 N–H and O–H groups in total. The predicted molar refractivity (Wildman–Crippen MR) is 63.3 cm³/mol. The van der Waals surface area contributed by atoms with Crippen LogP contribution in [0.5, 0.6) is 0 Å². The molecule has 2 rings (SSSR count). The van der Waals surface area contributed by atoms with Crippen molar-refractivity contribution in [2.24, 2.45) is 0 Å². The third kappa shape index (κ3) is 2.13. The van der Waals surface area contributed by atoms with Crippen molar-refractivity contribution in [3.63, 3.8) is 0 Å². The van der Waals surface area contributed by atoms with Crippen LogP contribution in [0.3, 0.4) is 0 Å². The molecule has 90 valence electrons. The zero-order valence-corrected chi connectivity index (χ0v) is 10.1. The molecule has 1 aliphatic carbocycles. The number of aromatic nitrogens is 2. The summed E-state index contributed by atoms with van der Waals surface area (Å²) in [4.78, 5) is 0.